The quantitative estimate of drug-likeness (QED) is 0.813. The van der Waals surface area contributed by atoms with Crippen LogP contribution >= 0.6 is 0 Å². The van der Waals surface area contributed by atoms with E-state index in [-0.39, 0.29) is 23.6 Å². The number of rotatable bonds is 5. The standard InChI is InChI=1S/C23H25N3O3/c1-15-19(23(29)26-13-2-3-14-26)5-4-6-20(15)25-22(28)17-9-11-18(12-10-17)24-21(27)16-7-8-16/h4-6,9-12,16H,2-3,7-8,13-14H2,1H3,(H,24,27)(H,25,28). The fourth-order valence-corrected chi connectivity index (χ4v) is 3.58. The Morgan fingerprint density at radius 2 is 1.62 bits per heavy atom. The average molecular weight is 391 g/mol. The fourth-order valence-electron chi connectivity index (χ4n) is 3.58. The summed E-state index contributed by atoms with van der Waals surface area (Å²) in [5.74, 6) is -0.0559. The summed E-state index contributed by atoms with van der Waals surface area (Å²) < 4.78 is 0. The molecule has 0 atom stereocenters. The van der Waals surface area contributed by atoms with Crippen LogP contribution in [-0.2, 0) is 4.79 Å². The summed E-state index contributed by atoms with van der Waals surface area (Å²) >= 11 is 0. The predicted molar refractivity (Wildman–Crippen MR) is 112 cm³/mol. The summed E-state index contributed by atoms with van der Waals surface area (Å²) in [4.78, 5) is 39.1. The van der Waals surface area contributed by atoms with Crippen molar-refractivity contribution in [3.8, 4) is 0 Å². The van der Waals surface area contributed by atoms with Gasteiger partial charge in [0.25, 0.3) is 11.8 Å². The number of hydrogen-bond acceptors (Lipinski definition) is 3. The molecule has 29 heavy (non-hydrogen) atoms. The smallest absolute Gasteiger partial charge is 0.255 e. The molecule has 1 aliphatic heterocycles. The van der Waals surface area contributed by atoms with Crippen LogP contribution in [0, 0.1) is 12.8 Å². The summed E-state index contributed by atoms with van der Waals surface area (Å²) in [6, 6.07) is 12.2. The zero-order valence-electron chi connectivity index (χ0n) is 16.5. The average Bonchev–Trinajstić information content (AvgIpc) is 3.44. The van der Waals surface area contributed by atoms with E-state index in [1.165, 1.54) is 0 Å². The van der Waals surface area contributed by atoms with Crippen molar-refractivity contribution in [3.63, 3.8) is 0 Å². The van der Waals surface area contributed by atoms with Gasteiger partial charge in [-0.3, -0.25) is 14.4 Å². The lowest BCUT2D eigenvalue weighted by atomic mass is 10.0. The normalized spacial score (nSPS) is 15.8. The number of carbonyl (C=O) groups is 3. The molecule has 6 heteroatoms. The van der Waals surface area contributed by atoms with Gasteiger partial charge in [0.2, 0.25) is 5.91 Å². The first-order valence-corrected chi connectivity index (χ1v) is 10.1. The van der Waals surface area contributed by atoms with Crippen molar-refractivity contribution < 1.29 is 14.4 Å². The van der Waals surface area contributed by atoms with E-state index in [1.807, 2.05) is 17.9 Å². The highest BCUT2D eigenvalue weighted by atomic mass is 16.2. The molecule has 0 radical (unpaired) electrons. The maximum atomic E-state index is 12.7. The summed E-state index contributed by atoms with van der Waals surface area (Å²) in [6.45, 7) is 3.44. The second kappa shape index (κ2) is 8.07. The number of nitrogens with one attached hydrogen (secondary N) is 2. The molecule has 1 saturated carbocycles. The molecular weight excluding hydrogens is 366 g/mol. The number of anilines is 2. The van der Waals surface area contributed by atoms with Crippen LogP contribution in [0.4, 0.5) is 11.4 Å². The first-order valence-electron chi connectivity index (χ1n) is 10.1. The molecule has 0 aromatic heterocycles. The van der Waals surface area contributed by atoms with Gasteiger partial charge in [0.15, 0.2) is 0 Å². The van der Waals surface area contributed by atoms with Crippen LogP contribution < -0.4 is 10.6 Å². The Hall–Kier alpha value is -3.15. The van der Waals surface area contributed by atoms with Crippen molar-refractivity contribution in [2.45, 2.75) is 32.6 Å². The van der Waals surface area contributed by atoms with E-state index in [0.717, 1.165) is 44.3 Å². The van der Waals surface area contributed by atoms with Gasteiger partial charge < -0.3 is 15.5 Å². The summed E-state index contributed by atoms with van der Waals surface area (Å²) in [5, 5.41) is 5.77. The second-order valence-electron chi connectivity index (χ2n) is 7.77. The van der Waals surface area contributed by atoms with Gasteiger partial charge in [-0.15, -0.1) is 0 Å². The third-order valence-electron chi connectivity index (χ3n) is 5.57. The molecule has 1 saturated heterocycles. The first kappa shape index (κ1) is 19.2. The Balaban J connectivity index is 1.44. The SMILES string of the molecule is Cc1c(NC(=O)c2ccc(NC(=O)C3CC3)cc2)cccc1C(=O)N1CCCC1. The van der Waals surface area contributed by atoms with E-state index >= 15 is 0 Å². The minimum absolute atomic E-state index is 0.0202. The van der Waals surface area contributed by atoms with Crippen molar-refractivity contribution >= 4 is 29.1 Å². The molecule has 2 aliphatic rings. The van der Waals surface area contributed by atoms with Crippen LogP contribution in [0.1, 0.15) is 52.0 Å². The molecule has 1 aliphatic carbocycles. The van der Waals surface area contributed by atoms with E-state index in [0.29, 0.717) is 22.5 Å². The molecule has 4 rings (SSSR count). The number of carbonyl (C=O) groups excluding carboxylic acids is 3. The molecule has 2 fully saturated rings. The number of nitrogens with zero attached hydrogens (tertiary/aromatic N) is 1. The summed E-state index contributed by atoms with van der Waals surface area (Å²) in [7, 11) is 0. The van der Waals surface area contributed by atoms with Crippen LogP contribution in [0.25, 0.3) is 0 Å². The topological polar surface area (TPSA) is 78.5 Å². The van der Waals surface area contributed by atoms with Crippen molar-refractivity contribution in [2.24, 2.45) is 5.92 Å². The van der Waals surface area contributed by atoms with E-state index in [9.17, 15) is 14.4 Å². The molecule has 3 amide bonds. The minimum Gasteiger partial charge on any atom is -0.339 e. The van der Waals surface area contributed by atoms with Crippen molar-refractivity contribution in [1.29, 1.82) is 0 Å². The van der Waals surface area contributed by atoms with E-state index in [1.54, 1.807) is 36.4 Å². The van der Waals surface area contributed by atoms with Crippen LogP contribution in [-0.4, -0.2) is 35.7 Å². The van der Waals surface area contributed by atoms with Gasteiger partial charge in [-0.1, -0.05) is 6.07 Å². The number of hydrogen-bond donors (Lipinski definition) is 2. The van der Waals surface area contributed by atoms with Gasteiger partial charge in [0.05, 0.1) is 0 Å². The first-order chi connectivity index (χ1) is 14.0. The highest BCUT2D eigenvalue weighted by Crippen LogP contribution is 2.30. The molecule has 150 valence electrons. The van der Waals surface area contributed by atoms with Gasteiger partial charge in [0.1, 0.15) is 0 Å². The Kier molecular flexibility index (Phi) is 5.34. The lowest BCUT2D eigenvalue weighted by Gasteiger charge is -2.18. The van der Waals surface area contributed by atoms with Gasteiger partial charge in [-0.05, 0) is 74.6 Å². The Morgan fingerprint density at radius 3 is 2.28 bits per heavy atom. The zero-order valence-corrected chi connectivity index (χ0v) is 16.5. The van der Waals surface area contributed by atoms with Crippen molar-refractivity contribution in [1.82, 2.24) is 4.90 Å². The molecule has 0 spiro atoms. The van der Waals surface area contributed by atoms with Crippen LogP contribution in [0.15, 0.2) is 42.5 Å². The molecule has 2 N–H and O–H groups in total. The van der Waals surface area contributed by atoms with Gasteiger partial charge in [0, 0.05) is 41.5 Å². The van der Waals surface area contributed by atoms with E-state index in [2.05, 4.69) is 10.6 Å². The number of benzene rings is 2. The molecular formula is C23H25N3O3. The van der Waals surface area contributed by atoms with Crippen LogP contribution in [0.3, 0.4) is 0 Å². The van der Waals surface area contributed by atoms with E-state index in [4.69, 9.17) is 0 Å². The largest absolute Gasteiger partial charge is 0.339 e. The predicted octanol–water partition coefficient (Wildman–Crippen LogP) is 3.83. The van der Waals surface area contributed by atoms with Gasteiger partial charge in [-0.25, -0.2) is 0 Å². The monoisotopic (exact) mass is 391 g/mol. The van der Waals surface area contributed by atoms with Gasteiger partial charge >= 0.3 is 0 Å². The number of likely N-dealkylation sites (tertiary alicyclic amines) is 1. The third kappa shape index (κ3) is 4.31. The van der Waals surface area contributed by atoms with Crippen molar-refractivity contribution in [3.05, 3.63) is 59.2 Å². The van der Waals surface area contributed by atoms with Gasteiger partial charge in [-0.2, -0.15) is 0 Å². The lowest BCUT2D eigenvalue weighted by molar-refractivity contribution is -0.117. The third-order valence-corrected chi connectivity index (χ3v) is 5.57. The van der Waals surface area contributed by atoms with Crippen LogP contribution in [0.5, 0.6) is 0 Å². The summed E-state index contributed by atoms with van der Waals surface area (Å²) in [5.41, 5.74) is 3.21. The maximum absolute atomic E-state index is 12.7. The van der Waals surface area contributed by atoms with Crippen LogP contribution in [0.2, 0.25) is 0 Å². The Bertz CT molecular complexity index is 942. The molecule has 0 unspecified atom stereocenters. The lowest BCUT2D eigenvalue weighted by Crippen LogP contribution is -2.28. The molecule has 0 bridgehead atoms. The second-order valence-corrected chi connectivity index (χ2v) is 7.77. The Morgan fingerprint density at radius 1 is 0.931 bits per heavy atom. The zero-order chi connectivity index (χ0) is 20.4. The molecule has 6 nitrogen and oxygen atoms in total. The molecule has 2 aromatic rings. The Labute approximate surface area is 170 Å². The summed E-state index contributed by atoms with van der Waals surface area (Å²) in [6.07, 6.45) is 3.98. The maximum Gasteiger partial charge on any atom is 0.255 e. The minimum atomic E-state index is -0.251. The highest BCUT2D eigenvalue weighted by molar-refractivity contribution is 6.06. The van der Waals surface area contributed by atoms with Crippen molar-refractivity contribution in [2.75, 3.05) is 23.7 Å². The highest BCUT2D eigenvalue weighted by Gasteiger charge is 2.29. The van der Waals surface area contributed by atoms with E-state index < -0.39 is 0 Å². The number of amides is 3. The fraction of sp³-hybridized carbons (Fsp3) is 0.348. The molecule has 1 heterocycles. The molecule has 2 aromatic carbocycles.